The molecule has 1 amide bonds. The van der Waals surface area contributed by atoms with E-state index in [0.717, 1.165) is 19.2 Å². The lowest BCUT2D eigenvalue weighted by atomic mass is 10.0. The molecule has 0 unspecified atom stereocenters. The van der Waals surface area contributed by atoms with E-state index in [1.165, 1.54) is 24.3 Å². The molecule has 232 valence electrons. The van der Waals surface area contributed by atoms with Crippen LogP contribution in [0.3, 0.4) is 0 Å². The number of carbonyl (C=O) groups excluding carboxylic acids is 1. The van der Waals surface area contributed by atoms with Crippen LogP contribution in [-0.2, 0) is 19.8 Å². The minimum absolute atomic E-state index is 0.00455. The first-order valence-corrected chi connectivity index (χ1v) is 14.4. The van der Waals surface area contributed by atoms with E-state index in [-0.39, 0.29) is 40.0 Å². The van der Waals surface area contributed by atoms with E-state index in [1.807, 2.05) is 11.9 Å². The Labute approximate surface area is 261 Å². The summed E-state index contributed by atoms with van der Waals surface area (Å²) in [5.41, 5.74) is 0.977. The third kappa shape index (κ3) is 6.75. The van der Waals surface area contributed by atoms with E-state index in [1.54, 1.807) is 48.5 Å². The van der Waals surface area contributed by atoms with Gasteiger partial charge in [0, 0.05) is 63.4 Å². The Balaban J connectivity index is 1.25. The van der Waals surface area contributed by atoms with Gasteiger partial charge in [0.2, 0.25) is 0 Å². The van der Waals surface area contributed by atoms with Gasteiger partial charge in [0.15, 0.2) is 17.0 Å². The number of carbonyl (C=O) groups is 1. The quantitative estimate of drug-likeness (QED) is 0.236. The maximum absolute atomic E-state index is 14.1. The Morgan fingerprint density at radius 3 is 2.49 bits per heavy atom. The molecule has 14 heteroatoms. The first kappa shape index (κ1) is 30.4. The average molecular weight is 637 g/mol. The lowest BCUT2D eigenvalue weighted by molar-refractivity contribution is -0.138. The van der Waals surface area contributed by atoms with E-state index in [9.17, 15) is 18.0 Å². The molecular formula is C31H28ClF3N8O2. The maximum Gasteiger partial charge on any atom is 0.416 e. The maximum atomic E-state index is 14.1. The summed E-state index contributed by atoms with van der Waals surface area (Å²) in [4.78, 5) is 34.9. The molecule has 1 aliphatic rings. The fraction of sp³-hybridized carbons (Fsp3) is 0.258. The normalized spacial score (nSPS) is 14.5. The second-order valence-electron chi connectivity index (χ2n) is 10.8. The van der Waals surface area contributed by atoms with Crippen LogP contribution in [0.4, 0.5) is 18.9 Å². The lowest BCUT2D eigenvalue weighted by Crippen LogP contribution is -2.44. The minimum Gasteiger partial charge on any atom is -0.437 e. The summed E-state index contributed by atoms with van der Waals surface area (Å²) in [7, 11) is 3.77. The molecule has 0 bridgehead atoms. The average Bonchev–Trinajstić information content (AvgIpc) is 3.40. The summed E-state index contributed by atoms with van der Waals surface area (Å²) in [6.45, 7) is 3.09. The van der Waals surface area contributed by atoms with Crippen LogP contribution in [0.15, 0.2) is 67.3 Å². The molecule has 1 N–H and O–H groups in total. The Morgan fingerprint density at radius 2 is 1.76 bits per heavy atom. The number of nitrogens with one attached hydrogen (secondary N) is 1. The van der Waals surface area contributed by atoms with Gasteiger partial charge in [0.1, 0.15) is 5.75 Å². The number of hydrogen-bond acceptors (Lipinski definition) is 8. The number of fused-ring (bicyclic) bond motifs is 1. The van der Waals surface area contributed by atoms with Crippen molar-refractivity contribution in [2.24, 2.45) is 7.05 Å². The van der Waals surface area contributed by atoms with Gasteiger partial charge in [0.25, 0.3) is 11.8 Å². The highest BCUT2D eigenvalue weighted by molar-refractivity contribution is 6.34. The van der Waals surface area contributed by atoms with E-state index in [0.29, 0.717) is 35.6 Å². The van der Waals surface area contributed by atoms with Gasteiger partial charge in [-0.05, 0) is 55.1 Å². The molecule has 2 aromatic carbocycles. The topological polar surface area (TPSA) is 101 Å². The number of piperazine rings is 1. The van der Waals surface area contributed by atoms with Crippen LogP contribution >= 0.6 is 11.6 Å². The minimum atomic E-state index is -4.60. The van der Waals surface area contributed by atoms with Crippen molar-refractivity contribution in [3.63, 3.8) is 0 Å². The predicted molar refractivity (Wildman–Crippen MR) is 163 cm³/mol. The van der Waals surface area contributed by atoms with Crippen molar-refractivity contribution in [3.05, 3.63) is 89.0 Å². The second kappa shape index (κ2) is 12.4. The molecule has 0 atom stereocenters. The summed E-state index contributed by atoms with van der Waals surface area (Å²) in [5.74, 6) is 0.0433. The van der Waals surface area contributed by atoms with Crippen molar-refractivity contribution in [2.45, 2.75) is 12.7 Å². The third-order valence-corrected chi connectivity index (χ3v) is 7.86. The molecular weight excluding hydrogens is 609 g/mol. The first-order valence-electron chi connectivity index (χ1n) is 14.0. The summed E-state index contributed by atoms with van der Waals surface area (Å²) in [6, 6.07) is 11.8. The van der Waals surface area contributed by atoms with Gasteiger partial charge in [-0.25, -0.2) is 9.97 Å². The van der Waals surface area contributed by atoms with E-state index >= 15 is 0 Å². The molecule has 0 saturated carbocycles. The standard InChI is InChI=1S/C31H28ClF3N8O2/c1-41-11-13-43(14-12-41)17-20-3-4-21(15-24(20)31(33,34)35)38-29(44)23-16-22(5-6-25(23)32)45-30-26-28(42(2)18-37-26)39-27(40-30)19-7-9-36-10-8-19/h3-10,15-16,18H,11-14,17H2,1-2H3,(H,38,44). The smallest absolute Gasteiger partial charge is 0.416 e. The number of anilines is 1. The third-order valence-electron chi connectivity index (χ3n) is 7.53. The Bertz CT molecular complexity index is 1860. The SMILES string of the molecule is CN1CCN(Cc2ccc(NC(=O)c3cc(Oc4nc(-c5ccncc5)nc5c4ncn5C)ccc3Cl)cc2C(F)(F)F)CC1. The van der Waals surface area contributed by atoms with Crippen LogP contribution in [0.5, 0.6) is 11.6 Å². The number of likely N-dealkylation sites (N-methyl/N-ethyl adjacent to an activating group) is 1. The lowest BCUT2D eigenvalue weighted by Gasteiger charge is -2.33. The summed E-state index contributed by atoms with van der Waals surface area (Å²) in [6.07, 6.45) is 0.220. The van der Waals surface area contributed by atoms with Crippen molar-refractivity contribution in [3.8, 4) is 23.0 Å². The van der Waals surface area contributed by atoms with Gasteiger partial charge in [-0.3, -0.25) is 14.7 Å². The number of alkyl halides is 3. The second-order valence-corrected chi connectivity index (χ2v) is 11.2. The van der Waals surface area contributed by atoms with Crippen molar-refractivity contribution < 1.29 is 22.7 Å². The molecule has 10 nitrogen and oxygen atoms in total. The summed E-state index contributed by atoms with van der Waals surface area (Å²) >= 11 is 6.36. The van der Waals surface area contributed by atoms with Crippen LogP contribution in [-0.4, -0.2) is 73.4 Å². The van der Waals surface area contributed by atoms with Gasteiger partial charge < -0.3 is 19.5 Å². The van der Waals surface area contributed by atoms with Gasteiger partial charge in [-0.2, -0.15) is 18.2 Å². The van der Waals surface area contributed by atoms with Crippen LogP contribution in [0.25, 0.3) is 22.6 Å². The Hall–Kier alpha value is -4.59. The number of halogens is 4. The summed E-state index contributed by atoms with van der Waals surface area (Å²) in [5, 5.41) is 2.65. The summed E-state index contributed by atoms with van der Waals surface area (Å²) < 4.78 is 50.1. The number of amides is 1. The van der Waals surface area contributed by atoms with Crippen LogP contribution in [0.2, 0.25) is 5.02 Å². The monoisotopic (exact) mass is 636 g/mol. The van der Waals surface area contributed by atoms with Crippen LogP contribution in [0.1, 0.15) is 21.5 Å². The highest BCUT2D eigenvalue weighted by atomic mass is 35.5. The fourth-order valence-corrected chi connectivity index (χ4v) is 5.24. The van der Waals surface area contributed by atoms with Crippen molar-refractivity contribution in [2.75, 3.05) is 38.5 Å². The molecule has 1 aliphatic heterocycles. The number of imidazole rings is 1. The molecule has 0 aliphatic carbocycles. The number of rotatable bonds is 7. The number of benzene rings is 2. The molecule has 0 spiro atoms. The molecule has 3 aromatic heterocycles. The number of aromatic nitrogens is 5. The number of aryl methyl sites for hydroxylation is 1. The largest absolute Gasteiger partial charge is 0.437 e. The first-order chi connectivity index (χ1) is 21.5. The molecule has 1 saturated heterocycles. The fourth-order valence-electron chi connectivity index (χ4n) is 5.04. The van der Waals surface area contributed by atoms with Crippen LogP contribution in [0, 0.1) is 0 Å². The van der Waals surface area contributed by atoms with Gasteiger partial charge >= 0.3 is 6.18 Å². The number of pyridine rings is 1. The van der Waals surface area contributed by atoms with Crippen molar-refractivity contribution >= 4 is 34.4 Å². The number of ether oxygens (including phenoxy) is 1. The van der Waals surface area contributed by atoms with Crippen LogP contribution < -0.4 is 10.1 Å². The van der Waals surface area contributed by atoms with E-state index < -0.39 is 17.6 Å². The molecule has 5 aromatic rings. The molecule has 4 heterocycles. The van der Waals surface area contributed by atoms with E-state index in [2.05, 4.69) is 30.2 Å². The molecule has 1 fully saturated rings. The highest BCUT2D eigenvalue weighted by Crippen LogP contribution is 2.35. The molecule has 6 rings (SSSR count). The zero-order valence-electron chi connectivity index (χ0n) is 24.3. The zero-order chi connectivity index (χ0) is 31.7. The molecule has 45 heavy (non-hydrogen) atoms. The number of nitrogens with zero attached hydrogens (tertiary/aromatic N) is 7. The van der Waals surface area contributed by atoms with Crippen molar-refractivity contribution in [1.82, 2.24) is 34.3 Å². The predicted octanol–water partition coefficient (Wildman–Crippen LogP) is 5.89. The van der Waals surface area contributed by atoms with Gasteiger partial charge in [-0.15, -0.1) is 0 Å². The van der Waals surface area contributed by atoms with Gasteiger partial charge in [-0.1, -0.05) is 17.7 Å². The number of hydrogen-bond donors (Lipinski definition) is 1. The van der Waals surface area contributed by atoms with Crippen molar-refractivity contribution in [1.29, 1.82) is 0 Å². The van der Waals surface area contributed by atoms with E-state index in [4.69, 9.17) is 16.3 Å². The Kier molecular flexibility index (Phi) is 8.40. The highest BCUT2D eigenvalue weighted by Gasteiger charge is 2.34. The van der Waals surface area contributed by atoms with Gasteiger partial charge in [0.05, 0.1) is 22.5 Å². The zero-order valence-corrected chi connectivity index (χ0v) is 25.1. The Morgan fingerprint density at radius 1 is 1.00 bits per heavy atom. The molecule has 0 radical (unpaired) electrons.